The predicted octanol–water partition coefficient (Wildman–Crippen LogP) is 4.60. The average Bonchev–Trinajstić information content (AvgIpc) is 2.42. The highest BCUT2D eigenvalue weighted by Crippen LogP contribution is 2.08. The Balaban J connectivity index is 1.92. The maximum absolute atomic E-state index is 10.3. The van der Waals surface area contributed by atoms with Gasteiger partial charge in [0.25, 0.3) is 0 Å². The third-order valence-corrected chi connectivity index (χ3v) is 3.12. The first-order valence-corrected chi connectivity index (χ1v) is 7.20. The molecule has 2 heteroatoms. The largest absolute Gasteiger partial charge is 0.481 e. The molecule has 0 aliphatic rings. The van der Waals surface area contributed by atoms with E-state index in [0.717, 1.165) is 32.1 Å². The lowest BCUT2D eigenvalue weighted by atomic mass is 10.1. The van der Waals surface area contributed by atoms with Crippen LogP contribution in [-0.4, -0.2) is 11.1 Å². The molecule has 0 aliphatic heterocycles. The molecule has 0 aromatic heterocycles. The van der Waals surface area contributed by atoms with Crippen molar-refractivity contribution in [1.82, 2.24) is 0 Å². The molecule has 0 fully saturated rings. The smallest absolute Gasteiger partial charge is 0.303 e. The highest BCUT2D eigenvalue weighted by molar-refractivity contribution is 5.66. The number of carboxylic acid groups (broad SMARTS) is 1. The minimum Gasteiger partial charge on any atom is -0.481 e. The Bertz CT molecular complexity index is 368. The minimum atomic E-state index is -0.677. The van der Waals surface area contributed by atoms with Gasteiger partial charge in [-0.05, 0) is 31.2 Å². The van der Waals surface area contributed by atoms with Crippen LogP contribution in [0.2, 0.25) is 0 Å². The van der Waals surface area contributed by atoms with Crippen LogP contribution in [0.25, 0.3) is 0 Å². The van der Waals surface area contributed by atoms with Crippen LogP contribution >= 0.6 is 0 Å². The number of benzene rings is 1. The summed E-state index contributed by atoms with van der Waals surface area (Å²) in [6, 6.07) is 10.5. The van der Waals surface area contributed by atoms with Crippen LogP contribution in [0.4, 0.5) is 0 Å². The Morgan fingerprint density at radius 3 is 2.37 bits per heavy atom. The lowest BCUT2D eigenvalue weighted by Gasteiger charge is -1.98. The van der Waals surface area contributed by atoms with Gasteiger partial charge in [-0.2, -0.15) is 0 Å². The van der Waals surface area contributed by atoms with E-state index in [9.17, 15) is 4.79 Å². The highest BCUT2D eigenvalue weighted by Gasteiger charge is 1.95. The van der Waals surface area contributed by atoms with E-state index < -0.39 is 5.97 Å². The molecule has 0 spiro atoms. The summed E-state index contributed by atoms with van der Waals surface area (Å²) in [5, 5.41) is 8.50. The summed E-state index contributed by atoms with van der Waals surface area (Å²) in [5.74, 6) is -0.677. The number of hydrogen-bond donors (Lipinski definition) is 1. The van der Waals surface area contributed by atoms with Crippen LogP contribution in [0.1, 0.15) is 50.5 Å². The SMILES string of the molecule is O=C(O)CCCCCCC/C=C/Cc1ccccc1. The van der Waals surface area contributed by atoms with E-state index in [1.807, 2.05) is 6.07 Å². The molecule has 1 aromatic rings. The van der Waals surface area contributed by atoms with Crippen molar-refractivity contribution in [3.05, 3.63) is 48.0 Å². The summed E-state index contributed by atoms with van der Waals surface area (Å²) in [4.78, 5) is 10.3. The highest BCUT2D eigenvalue weighted by atomic mass is 16.4. The second kappa shape index (κ2) is 10.4. The van der Waals surface area contributed by atoms with Crippen molar-refractivity contribution in [2.45, 2.75) is 51.4 Å². The van der Waals surface area contributed by atoms with Crippen LogP contribution in [0.15, 0.2) is 42.5 Å². The van der Waals surface area contributed by atoms with Crippen LogP contribution in [0, 0.1) is 0 Å². The molecular formula is C17H24O2. The monoisotopic (exact) mass is 260 g/mol. The van der Waals surface area contributed by atoms with E-state index in [1.165, 1.54) is 18.4 Å². The molecule has 2 nitrogen and oxygen atoms in total. The zero-order chi connectivity index (χ0) is 13.8. The Morgan fingerprint density at radius 2 is 1.63 bits per heavy atom. The fourth-order valence-electron chi connectivity index (χ4n) is 2.02. The minimum absolute atomic E-state index is 0.316. The number of allylic oxidation sites excluding steroid dienone is 2. The number of carbonyl (C=O) groups is 1. The predicted molar refractivity (Wildman–Crippen MR) is 79.2 cm³/mol. The maximum Gasteiger partial charge on any atom is 0.303 e. The fraction of sp³-hybridized carbons (Fsp3) is 0.471. The van der Waals surface area contributed by atoms with Crippen LogP contribution in [0.3, 0.4) is 0 Å². The number of rotatable bonds is 10. The summed E-state index contributed by atoms with van der Waals surface area (Å²) in [6.07, 6.45) is 12.4. The molecule has 0 unspecified atom stereocenters. The first-order chi connectivity index (χ1) is 9.29. The zero-order valence-electron chi connectivity index (χ0n) is 11.6. The third-order valence-electron chi connectivity index (χ3n) is 3.12. The van der Waals surface area contributed by atoms with Gasteiger partial charge >= 0.3 is 5.97 Å². The molecule has 104 valence electrons. The average molecular weight is 260 g/mol. The van der Waals surface area contributed by atoms with E-state index in [1.54, 1.807) is 0 Å². The lowest BCUT2D eigenvalue weighted by molar-refractivity contribution is -0.137. The van der Waals surface area contributed by atoms with Gasteiger partial charge in [0.05, 0.1) is 0 Å². The molecule has 0 bridgehead atoms. The number of carboxylic acids is 1. The van der Waals surface area contributed by atoms with E-state index in [2.05, 4.69) is 36.4 Å². The number of aliphatic carboxylic acids is 1. The van der Waals surface area contributed by atoms with Gasteiger partial charge in [0, 0.05) is 6.42 Å². The third kappa shape index (κ3) is 9.06. The summed E-state index contributed by atoms with van der Waals surface area (Å²) in [6.45, 7) is 0. The zero-order valence-corrected chi connectivity index (χ0v) is 11.6. The summed E-state index contributed by atoms with van der Waals surface area (Å²) < 4.78 is 0. The molecule has 0 amide bonds. The summed E-state index contributed by atoms with van der Waals surface area (Å²) in [5.41, 5.74) is 1.35. The van der Waals surface area contributed by atoms with Crippen molar-refractivity contribution < 1.29 is 9.90 Å². The van der Waals surface area contributed by atoms with Gasteiger partial charge in [-0.3, -0.25) is 4.79 Å². The van der Waals surface area contributed by atoms with Crippen LogP contribution in [-0.2, 0) is 11.2 Å². The lowest BCUT2D eigenvalue weighted by Crippen LogP contribution is -1.93. The van der Waals surface area contributed by atoms with E-state index in [4.69, 9.17) is 5.11 Å². The van der Waals surface area contributed by atoms with Crippen molar-refractivity contribution in [2.24, 2.45) is 0 Å². The Kier molecular flexibility index (Phi) is 8.45. The standard InChI is InChI=1S/C17H24O2/c18-17(19)15-11-6-4-2-1-3-5-8-12-16-13-9-7-10-14-16/h5,7-10,13-14H,1-4,6,11-12,15H2,(H,18,19)/b8-5+. The number of unbranched alkanes of at least 4 members (excludes halogenated alkanes) is 5. The quantitative estimate of drug-likeness (QED) is 0.493. The van der Waals surface area contributed by atoms with Crippen molar-refractivity contribution in [1.29, 1.82) is 0 Å². The fourth-order valence-corrected chi connectivity index (χ4v) is 2.02. The molecular weight excluding hydrogens is 236 g/mol. The second-order valence-electron chi connectivity index (χ2n) is 4.86. The Labute approximate surface area is 116 Å². The molecule has 0 saturated heterocycles. The molecule has 19 heavy (non-hydrogen) atoms. The molecule has 0 saturated carbocycles. The van der Waals surface area contributed by atoms with Crippen molar-refractivity contribution in [3.8, 4) is 0 Å². The normalized spacial score (nSPS) is 10.9. The van der Waals surface area contributed by atoms with Gasteiger partial charge < -0.3 is 5.11 Å². The first kappa shape index (κ1) is 15.5. The van der Waals surface area contributed by atoms with Crippen molar-refractivity contribution in [3.63, 3.8) is 0 Å². The van der Waals surface area contributed by atoms with Gasteiger partial charge in [-0.1, -0.05) is 61.7 Å². The van der Waals surface area contributed by atoms with Crippen LogP contribution < -0.4 is 0 Å². The van der Waals surface area contributed by atoms with Crippen molar-refractivity contribution >= 4 is 5.97 Å². The van der Waals surface area contributed by atoms with Gasteiger partial charge in [0.2, 0.25) is 0 Å². The van der Waals surface area contributed by atoms with Gasteiger partial charge in [0.1, 0.15) is 0 Å². The molecule has 1 rings (SSSR count). The summed E-state index contributed by atoms with van der Waals surface area (Å²) >= 11 is 0. The summed E-state index contributed by atoms with van der Waals surface area (Å²) in [7, 11) is 0. The Morgan fingerprint density at radius 1 is 0.947 bits per heavy atom. The molecule has 0 heterocycles. The topological polar surface area (TPSA) is 37.3 Å². The molecule has 1 N–H and O–H groups in total. The van der Waals surface area contributed by atoms with Gasteiger partial charge in [0.15, 0.2) is 0 Å². The molecule has 1 aromatic carbocycles. The molecule has 0 atom stereocenters. The molecule has 0 aliphatic carbocycles. The Hall–Kier alpha value is -1.57. The maximum atomic E-state index is 10.3. The molecule has 0 radical (unpaired) electrons. The van der Waals surface area contributed by atoms with E-state index in [-0.39, 0.29) is 0 Å². The van der Waals surface area contributed by atoms with E-state index in [0.29, 0.717) is 6.42 Å². The van der Waals surface area contributed by atoms with Gasteiger partial charge in [-0.15, -0.1) is 0 Å². The van der Waals surface area contributed by atoms with Crippen LogP contribution in [0.5, 0.6) is 0 Å². The van der Waals surface area contributed by atoms with Gasteiger partial charge in [-0.25, -0.2) is 0 Å². The number of hydrogen-bond acceptors (Lipinski definition) is 1. The second-order valence-corrected chi connectivity index (χ2v) is 4.86. The van der Waals surface area contributed by atoms with E-state index >= 15 is 0 Å². The van der Waals surface area contributed by atoms with Crippen molar-refractivity contribution in [2.75, 3.05) is 0 Å². The first-order valence-electron chi connectivity index (χ1n) is 7.20.